The summed E-state index contributed by atoms with van der Waals surface area (Å²) in [6, 6.07) is 10.2. The van der Waals surface area contributed by atoms with E-state index in [2.05, 4.69) is 30.4 Å². The van der Waals surface area contributed by atoms with Gasteiger partial charge < -0.3 is 14.5 Å². The number of nitrogens with one attached hydrogen (secondary N) is 1. The molecule has 3 rings (SSSR count). The van der Waals surface area contributed by atoms with Crippen molar-refractivity contribution < 1.29 is 9.15 Å². The molecule has 0 saturated carbocycles. The summed E-state index contributed by atoms with van der Waals surface area (Å²) in [6.07, 6.45) is 1.07. The summed E-state index contributed by atoms with van der Waals surface area (Å²) < 4.78 is 11.1. The zero-order valence-electron chi connectivity index (χ0n) is 11.5. The van der Waals surface area contributed by atoms with Crippen LogP contribution in [0.1, 0.15) is 41.8 Å². The molecule has 0 amide bonds. The van der Waals surface area contributed by atoms with Gasteiger partial charge in [0.15, 0.2) is 5.22 Å². The van der Waals surface area contributed by atoms with E-state index in [1.165, 1.54) is 16.7 Å². The van der Waals surface area contributed by atoms with Gasteiger partial charge in [0.25, 0.3) is 0 Å². The van der Waals surface area contributed by atoms with Gasteiger partial charge in [0.2, 0.25) is 0 Å². The molecule has 0 bridgehead atoms. The molecule has 2 aromatic rings. The van der Waals surface area contributed by atoms with Gasteiger partial charge in [-0.1, -0.05) is 25.1 Å². The van der Waals surface area contributed by atoms with Crippen molar-refractivity contribution in [3.63, 3.8) is 0 Å². The Balaban J connectivity index is 1.92. The van der Waals surface area contributed by atoms with Gasteiger partial charge in [0.1, 0.15) is 5.76 Å². The summed E-state index contributed by atoms with van der Waals surface area (Å²) >= 11 is 5.91. The Hall–Kier alpha value is -1.29. The molecule has 1 N–H and O–H groups in total. The van der Waals surface area contributed by atoms with Crippen LogP contribution in [0.5, 0.6) is 0 Å². The molecule has 1 aromatic carbocycles. The van der Waals surface area contributed by atoms with Gasteiger partial charge in [0.05, 0.1) is 19.3 Å². The van der Waals surface area contributed by atoms with Gasteiger partial charge in [-0.05, 0) is 53.4 Å². The van der Waals surface area contributed by atoms with E-state index in [1.54, 1.807) is 6.07 Å². The van der Waals surface area contributed by atoms with Crippen LogP contribution in [0.4, 0.5) is 0 Å². The lowest BCUT2D eigenvalue weighted by Gasteiger charge is -2.17. The molecule has 2 heterocycles. The summed E-state index contributed by atoms with van der Waals surface area (Å²) in [4.78, 5) is 0. The van der Waals surface area contributed by atoms with Crippen molar-refractivity contribution in [2.75, 3.05) is 6.54 Å². The van der Waals surface area contributed by atoms with Gasteiger partial charge in [-0.25, -0.2) is 0 Å². The van der Waals surface area contributed by atoms with Crippen LogP contribution in [0.15, 0.2) is 34.7 Å². The highest BCUT2D eigenvalue weighted by Crippen LogP contribution is 2.29. The molecule has 0 aliphatic carbocycles. The average Bonchev–Trinajstić information content (AvgIpc) is 3.07. The number of furan rings is 1. The van der Waals surface area contributed by atoms with E-state index in [0.29, 0.717) is 11.8 Å². The minimum Gasteiger partial charge on any atom is -0.448 e. The van der Waals surface area contributed by atoms with Crippen LogP contribution < -0.4 is 5.32 Å². The number of benzene rings is 1. The number of fused-ring (bicyclic) bond motifs is 1. The minimum absolute atomic E-state index is 0.0355. The van der Waals surface area contributed by atoms with Gasteiger partial charge in [-0.3, -0.25) is 0 Å². The molecular weight excluding hydrogens is 274 g/mol. The Morgan fingerprint density at radius 2 is 2.05 bits per heavy atom. The largest absolute Gasteiger partial charge is 0.448 e. The highest BCUT2D eigenvalue weighted by atomic mass is 35.5. The van der Waals surface area contributed by atoms with E-state index in [9.17, 15) is 0 Å². The SMILES string of the molecule is CCCNC(c1ccc2c(c1)COC2)c1ccc(Cl)o1. The van der Waals surface area contributed by atoms with Gasteiger partial charge in [-0.2, -0.15) is 0 Å². The summed E-state index contributed by atoms with van der Waals surface area (Å²) in [5, 5.41) is 3.94. The molecule has 0 saturated heterocycles. The van der Waals surface area contributed by atoms with E-state index in [1.807, 2.05) is 6.07 Å². The summed E-state index contributed by atoms with van der Waals surface area (Å²) in [7, 11) is 0. The zero-order chi connectivity index (χ0) is 13.9. The standard InChI is InChI=1S/C16H18ClNO2/c1-2-7-18-16(14-5-6-15(17)20-14)11-3-4-12-9-19-10-13(12)8-11/h3-6,8,16,18H,2,7,9-10H2,1H3. The van der Waals surface area contributed by atoms with Gasteiger partial charge in [-0.15, -0.1) is 0 Å². The maximum absolute atomic E-state index is 5.91. The fourth-order valence-corrected chi connectivity index (χ4v) is 2.68. The molecule has 3 nitrogen and oxygen atoms in total. The van der Waals surface area contributed by atoms with Crippen LogP contribution in [-0.2, 0) is 18.0 Å². The molecule has 1 aliphatic rings. The second kappa shape index (κ2) is 6.00. The molecule has 1 atom stereocenters. The van der Waals surface area contributed by atoms with Crippen molar-refractivity contribution in [1.29, 1.82) is 0 Å². The maximum atomic E-state index is 5.91. The Morgan fingerprint density at radius 1 is 1.20 bits per heavy atom. The number of rotatable bonds is 5. The van der Waals surface area contributed by atoms with Crippen LogP contribution in [0.2, 0.25) is 5.22 Å². The molecule has 0 fully saturated rings. The third-order valence-electron chi connectivity index (χ3n) is 3.56. The van der Waals surface area contributed by atoms with Crippen LogP contribution in [0.25, 0.3) is 0 Å². The normalized spacial score (nSPS) is 15.3. The van der Waals surface area contributed by atoms with E-state index in [0.717, 1.165) is 25.3 Å². The molecule has 1 unspecified atom stereocenters. The van der Waals surface area contributed by atoms with E-state index >= 15 is 0 Å². The van der Waals surface area contributed by atoms with Crippen molar-refractivity contribution in [2.24, 2.45) is 0 Å². The summed E-state index contributed by atoms with van der Waals surface area (Å²) in [6.45, 7) is 4.49. The monoisotopic (exact) mass is 291 g/mol. The molecule has 1 aromatic heterocycles. The quantitative estimate of drug-likeness (QED) is 0.902. The topological polar surface area (TPSA) is 34.4 Å². The molecule has 106 valence electrons. The number of hydrogen-bond acceptors (Lipinski definition) is 3. The molecule has 20 heavy (non-hydrogen) atoms. The second-order valence-corrected chi connectivity index (χ2v) is 5.42. The molecule has 0 spiro atoms. The maximum Gasteiger partial charge on any atom is 0.193 e. The van der Waals surface area contributed by atoms with Crippen molar-refractivity contribution in [3.8, 4) is 0 Å². The lowest BCUT2D eigenvalue weighted by atomic mass is 9.99. The Morgan fingerprint density at radius 3 is 2.80 bits per heavy atom. The van der Waals surface area contributed by atoms with Gasteiger partial charge in [0, 0.05) is 0 Å². The van der Waals surface area contributed by atoms with Crippen molar-refractivity contribution >= 4 is 11.6 Å². The molecule has 1 aliphatic heterocycles. The minimum atomic E-state index is 0.0355. The first kappa shape index (κ1) is 13.7. The second-order valence-electron chi connectivity index (χ2n) is 5.05. The molecular formula is C16H18ClNO2. The predicted octanol–water partition coefficient (Wildman–Crippen LogP) is 4.05. The number of hydrogen-bond donors (Lipinski definition) is 1. The third kappa shape index (κ3) is 2.75. The van der Waals surface area contributed by atoms with Crippen LogP contribution in [0, 0.1) is 0 Å². The first-order valence-electron chi connectivity index (χ1n) is 6.96. The van der Waals surface area contributed by atoms with Crippen molar-refractivity contribution in [1.82, 2.24) is 5.32 Å². The van der Waals surface area contributed by atoms with Crippen molar-refractivity contribution in [3.05, 3.63) is 58.0 Å². The Kier molecular flexibility index (Phi) is 4.10. The lowest BCUT2D eigenvalue weighted by Crippen LogP contribution is -2.22. The summed E-state index contributed by atoms with van der Waals surface area (Å²) in [5.41, 5.74) is 3.73. The van der Waals surface area contributed by atoms with Crippen LogP contribution >= 0.6 is 11.6 Å². The van der Waals surface area contributed by atoms with E-state index in [-0.39, 0.29) is 6.04 Å². The Bertz CT molecular complexity index is 594. The third-order valence-corrected chi connectivity index (χ3v) is 3.76. The average molecular weight is 292 g/mol. The predicted molar refractivity (Wildman–Crippen MR) is 78.8 cm³/mol. The van der Waals surface area contributed by atoms with Gasteiger partial charge >= 0.3 is 0 Å². The molecule has 0 radical (unpaired) electrons. The smallest absolute Gasteiger partial charge is 0.193 e. The van der Waals surface area contributed by atoms with E-state index < -0.39 is 0 Å². The number of halogens is 1. The summed E-state index contributed by atoms with van der Waals surface area (Å²) in [5.74, 6) is 0.849. The van der Waals surface area contributed by atoms with Crippen LogP contribution in [-0.4, -0.2) is 6.54 Å². The highest BCUT2D eigenvalue weighted by molar-refractivity contribution is 6.28. The lowest BCUT2D eigenvalue weighted by molar-refractivity contribution is 0.134. The molecule has 4 heteroatoms. The fraction of sp³-hybridized carbons (Fsp3) is 0.375. The van der Waals surface area contributed by atoms with E-state index in [4.69, 9.17) is 20.8 Å². The first-order chi connectivity index (χ1) is 9.78. The first-order valence-corrected chi connectivity index (χ1v) is 7.34. The van der Waals surface area contributed by atoms with Crippen LogP contribution in [0.3, 0.4) is 0 Å². The van der Waals surface area contributed by atoms with Crippen molar-refractivity contribution in [2.45, 2.75) is 32.6 Å². The number of ether oxygens (including phenoxy) is 1. The zero-order valence-corrected chi connectivity index (χ0v) is 12.2. The Labute approximate surface area is 123 Å². The fourth-order valence-electron chi connectivity index (χ4n) is 2.53. The highest BCUT2D eigenvalue weighted by Gasteiger charge is 2.20.